The number of halogens is 3. The summed E-state index contributed by atoms with van der Waals surface area (Å²) in [6.07, 6.45) is 0.192. The molecule has 0 fully saturated rings. The van der Waals surface area contributed by atoms with Crippen LogP contribution in [0.15, 0.2) is 102 Å². The number of rotatable bonds is 12. The van der Waals surface area contributed by atoms with Gasteiger partial charge in [0.15, 0.2) is 0 Å². The van der Waals surface area contributed by atoms with E-state index in [1.54, 1.807) is 43.3 Å². The lowest BCUT2D eigenvalue weighted by Crippen LogP contribution is -2.53. The molecule has 7 nitrogen and oxygen atoms in total. The van der Waals surface area contributed by atoms with Crippen molar-refractivity contribution in [2.45, 2.75) is 37.8 Å². The Morgan fingerprint density at radius 2 is 1.52 bits per heavy atom. The van der Waals surface area contributed by atoms with Crippen LogP contribution in [0.2, 0.25) is 15.1 Å². The Morgan fingerprint density at radius 1 is 0.841 bits per heavy atom. The molecule has 230 valence electrons. The molecule has 0 aromatic heterocycles. The number of anilines is 1. The molecule has 1 N–H and O–H groups in total. The van der Waals surface area contributed by atoms with Gasteiger partial charge in [0.2, 0.25) is 11.8 Å². The maximum absolute atomic E-state index is 14.4. The number of nitrogens with one attached hydrogen (secondary N) is 1. The summed E-state index contributed by atoms with van der Waals surface area (Å²) in [4.78, 5) is 29.3. The molecule has 1 atom stereocenters. The molecule has 0 spiro atoms. The van der Waals surface area contributed by atoms with Crippen LogP contribution >= 0.6 is 34.8 Å². The number of hydrogen-bond donors (Lipinski definition) is 1. The molecule has 0 saturated carbocycles. The molecule has 11 heteroatoms. The van der Waals surface area contributed by atoms with Gasteiger partial charge in [-0.25, -0.2) is 8.42 Å². The molecule has 4 rings (SSSR count). The van der Waals surface area contributed by atoms with Crippen LogP contribution in [0.25, 0.3) is 0 Å². The van der Waals surface area contributed by atoms with Crippen molar-refractivity contribution in [1.29, 1.82) is 0 Å². The van der Waals surface area contributed by atoms with Crippen molar-refractivity contribution < 1.29 is 18.0 Å². The van der Waals surface area contributed by atoms with E-state index in [4.69, 9.17) is 34.8 Å². The summed E-state index contributed by atoms with van der Waals surface area (Å²) in [5, 5.41) is 3.94. The Hall–Kier alpha value is -3.56. The number of carbonyl (C=O) groups excluding carboxylic acids is 2. The van der Waals surface area contributed by atoms with Gasteiger partial charge in [0.25, 0.3) is 10.0 Å². The van der Waals surface area contributed by atoms with Crippen molar-refractivity contribution in [2.24, 2.45) is 0 Å². The second-order valence-electron chi connectivity index (χ2n) is 10.2. The first-order chi connectivity index (χ1) is 21.0. The highest BCUT2D eigenvalue weighted by Crippen LogP contribution is 2.28. The number of benzene rings is 4. The predicted octanol–water partition coefficient (Wildman–Crippen LogP) is 6.93. The van der Waals surface area contributed by atoms with Gasteiger partial charge in [-0.05, 0) is 79.1 Å². The first-order valence-corrected chi connectivity index (χ1v) is 16.5. The van der Waals surface area contributed by atoms with Gasteiger partial charge < -0.3 is 10.2 Å². The minimum absolute atomic E-state index is 0.0342. The second-order valence-corrected chi connectivity index (χ2v) is 13.3. The number of aryl methyl sites for hydroxylation is 1. The second kappa shape index (κ2) is 14.9. The van der Waals surface area contributed by atoms with Gasteiger partial charge >= 0.3 is 0 Å². The van der Waals surface area contributed by atoms with Crippen LogP contribution in [0.4, 0.5) is 5.69 Å². The van der Waals surface area contributed by atoms with Crippen LogP contribution in [-0.4, -0.2) is 44.3 Å². The van der Waals surface area contributed by atoms with Gasteiger partial charge in [0, 0.05) is 34.6 Å². The number of sulfonamides is 1. The fourth-order valence-corrected chi connectivity index (χ4v) is 6.73. The van der Waals surface area contributed by atoms with Gasteiger partial charge in [0.05, 0.1) is 10.6 Å². The van der Waals surface area contributed by atoms with Crippen LogP contribution in [0.3, 0.4) is 0 Å². The van der Waals surface area contributed by atoms with Gasteiger partial charge in [-0.1, -0.05) is 83.3 Å². The topological polar surface area (TPSA) is 86.8 Å². The van der Waals surface area contributed by atoms with E-state index < -0.39 is 28.5 Å². The zero-order valence-corrected chi connectivity index (χ0v) is 27.3. The molecule has 0 unspecified atom stereocenters. The van der Waals surface area contributed by atoms with E-state index in [1.807, 2.05) is 43.3 Å². The number of likely N-dealkylation sites (N-methyl/N-ethyl adjacent to an activating group) is 1. The molecule has 44 heavy (non-hydrogen) atoms. The summed E-state index contributed by atoms with van der Waals surface area (Å²) in [5.41, 5.74) is 2.48. The van der Waals surface area contributed by atoms with E-state index in [-0.39, 0.29) is 23.8 Å². The minimum Gasteiger partial charge on any atom is -0.355 e. The Morgan fingerprint density at radius 3 is 2.16 bits per heavy atom. The van der Waals surface area contributed by atoms with Crippen molar-refractivity contribution in [3.63, 3.8) is 0 Å². The molecule has 2 amide bonds. The highest BCUT2D eigenvalue weighted by molar-refractivity contribution is 7.92. The van der Waals surface area contributed by atoms with Crippen LogP contribution in [0, 0.1) is 6.92 Å². The molecule has 0 radical (unpaired) electrons. The Balaban J connectivity index is 1.82. The summed E-state index contributed by atoms with van der Waals surface area (Å²) < 4.78 is 29.2. The Kier molecular flexibility index (Phi) is 11.3. The maximum atomic E-state index is 14.4. The van der Waals surface area contributed by atoms with E-state index in [2.05, 4.69) is 5.32 Å². The highest BCUT2D eigenvalue weighted by atomic mass is 35.5. The summed E-state index contributed by atoms with van der Waals surface area (Å²) in [6.45, 7) is 3.32. The first-order valence-electron chi connectivity index (χ1n) is 13.9. The molecular weight excluding hydrogens is 641 g/mol. The molecular formula is C33H32Cl3N3O4S. The van der Waals surface area contributed by atoms with E-state index in [0.717, 1.165) is 15.4 Å². The van der Waals surface area contributed by atoms with Crippen LogP contribution in [0.5, 0.6) is 0 Å². The molecule has 4 aromatic carbocycles. The van der Waals surface area contributed by atoms with Crippen molar-refractivity contribution >= 4 is 62.3 Å². The average molecular weight is 673 g/mol. The smallest absolute Gasteiger partial charge is 0.264 e. The van der Waals surface area contributed by atoms with Crippen LogP contribution < -0.4 is 9.62 Å². The van der Waals surface area contributed by atoms with Gasteiger partial charge in [-0.3, -0.25) is 13.9 Å². The largest absolute Gasteiger partial charge is 0.355 e. The zero-order chi connectivity index (χ0) is 31.9. The Bertz CT molecular complexity index is 1720. The van der Waals surface area contributed by atoms with Crippen LogP contribution in [0.1, 0.15) is 23.6 Å². The molecule has 0 aliphatic rings. The number of carbonyl (C=O) groups is 2. The average Bonchev–Trinajstić information content (AvgIpc) is 2.99. The maximum Gasteiger partial charge on any atom is 0.264 e. The lowest BCUT2D eigenvalue weighted by molar-refractivity contribution is -0.140. The summed E-state index contributed by atoms with van der Waals surface area (Å²) in [5.74, 6) is -0.973. The molecule has 0 heterocycles. The fraction of sp³-hybridized carbons (Fsp3) is 0.212. The standard InChI is InChI=1S/C33H32Cl3N3O4S/c1-3-37-33(41)31(19-24-9-5-4-6-10-24)38(21-25-12-13-27(35)20-30(25)36)32(40)22-39(28-11-7-8-23(2)18-28)44(42,43)29-16-14-26(34)15-17-29/h4-18,20,31H,3,19,21-22H2,1-2H3,(H,37,41)/t31-/m1/s1. The SMILES string of the molecule is CCNC(=O)[C@@H](Cc1ccccc1)N(Cc1ccc(Cl)cc1Cl)C(=O)CN(c1cccc(C)c1)S(=O)(=O)c1ccc(Cl)cc1. The normalized spacial score (nSPS) is 11.9. The third-order valence-electron chi connectivity index (χ3n) is 6.95. The van der Waals surface area contributed by atoms with E-state index in [0.29, 0.717) is 32.9 Å². The van der Waals surface area contributed by atoms with Crippen molar-refractivity contribution in [2.75, 3.05) is 17.4 Å². The number of hydrogen-bond acceptors (Lipinski definition) is 4. The monoisotopic (exact) mass is 671 g/mol. The predicted molar refractivity (Wildman–Crippen MR) is 177 cm³/mol. The number of amides is 2. The first kappa shape index (κ1) is 33.3. The molecule has 4 aromatic rings. The molecule has 0 aliphatic carbocycles. The number of nitrogens with zero attached hydrogens (tertiary/aromatic N) is 2. The quantitative estimate of drug-likeness (QED) is 0.177. The lowest BCUT2D eigenvalue weighted by atomic mass is 10.0. The van der Waals surface area contributed by atoms with Gasteiger partial charge in [-0.2, -0.15) is 0 Å². The van der Waals surface area contributed by atoms with E-state index >= 15 is 0 Å². The zero-order valence-electron chi connectivity index (χ0n) is 24.2. The van der Waals surface area contributed by atoms with Crippen molar-refractivity contribution in [3.8, 4) is 0 Å². The summed E-state index contributed by atoms with van der Waals surface area (Å²) >= 11 is 18.7. The van der Waals surface area contributed by atoms with Crippen molar-refractivity contribution in [1.82, 2.24) is 10.2 Å². The highest BCUT2D eigenvalue weighted by Gasteiger charge is 2.34. The minimum atomic E-state index is -4.23. The van der Waals surface area contributed by atoms with Gasteiger partial charge in [0.1, 0.15) is 12.6 Å². The summed E-state index contributed by atoms with van der Waals surface area (Å²) in [6, 6.07) is 25.8. The molecule has 0 saturated heterocycles. The van der Waals surface area contributed by atoms with Crippen molar-refractivity contribution in [3.05, 3.63) is 129 Å². The third-order valence-corrected chi connectivity index (χ3v) is 9.58. The van der Waals surface area contributed by atoms with E-state index in [1.165, 1.54) is 29.2 Å². The Labute approximate surface area is 273 Å². The fourth-order valence-electron chi connectivity index (χ4n) is 4.73. The third kappa shape index (κ3) is 8.33. The molecule has 0 aliphatic heterocycles. The van der Waals surface area contributed by atoms with Crippen LogP contribution in [-0.2, 0) is 32.6 Å². The lowest BCUT2D eigenvalue weighted by Gasteiger charge is -2.34. The summed E-state index contributed by atoms with van der Waals surface area (Å²) in [7, 11) is -4.23. The van der Waals surface area contributed by atoms with Gasteiger partial charge in [-0.15, -0.1) is 0 Å². The molecule has 0 bridgehead atoms. The van der Waals surface area contributed by atoms with E-state index in [9.17, 15) is 18.0 Å².